The smallest absolute Gasteiger partial charge is 0.339 e. The predicted octanol–water partition coefficient (Wildman–Crippen LogP) is 2.70. The molecule has 0 fully saturated rings. The quantitative estimate of drug-likeness (QED) is 0.733. The van der Waals surface area contributed by atoms with Gasteiger partial charge in [0.15, 0.2) is 0 Å². The molecule has 19 heavy (non-hydrogen) atoms. The van der Waals surface area contributed by atoms with E-state index in [1.165, 1.54) is 0 Å². The lowest BCUT2D eigenvalue weighted by Gasteiger charge is -2.12. The van der Waals surface area contributed by atoms with Crippen LogP contribution in [0.4, 0.5) is 0 Å². The maximum absolute atomic E-state index is 12.0. The highest BCUT2D eigenvalue weighted by molar-refractivity contribution is 6.04. The number of carbonyl (C=O) groups is 2. The number of esters is 2. The molecule has 0 spiro atoms. The van der Waals surface area contributed by atoms with Crippen molar-refractivity contribution in [1.29, 1.82) is 0 Å². The van der Waals surface area contributed by atoms with Gasteiger partial charge in [0.05, 0.1) is 23.4 Å². The van der Waals surface area contributed by atoms with E-state index >= 15 is 0 Å². The monoisotopic (exact) mass is 264 g/mol. The molecule has 0 atom stereocenters. The SMILES string of the molecule is CC(C)OC(=O)C1=C(C(=O)OC(C)C)C=CCC=C1. The molecule has 0 saturated carbocycles. The van der Waals surface area contributed by atoms with Crippen molar-refractivity contribution in [3.05, 3.63) is 35.5 Å². The first-order valence-corrected chi connectivity index (χ1v) is 6.41. The van der Waals surface area contributed by atoms with E-state index in [1.54, 1.807) is 39.8 Å². The molecule has 0 unspecified atom stereocenters. The van der Waals surface area contributed by atoms with Crippen molar-refractivity contribution in [2.75, 3.05) is 0 Å². The minimum atomic E-state index is -0.506. The van der Waals surface area contributed by atoms with E-state index < -0.39 is 11.9 Å². The number of allylic oxidation sites excluding steroid dienone is 2. The summed E-state index contributed by atoms with van der Waals surface area (Å²) in [5, 5.41) is 0. The summed E-state index contributed by atoms with van der Waals surface area (Å²) in [5.74, 6) is -1.01. The predicted molar refractivity (Wildman–Crippen MR) is 72.4 cm³/mol. The van der Waals surface area contributed by atoms with E-state index in [-0.39, 0.29) is 23.4 Å². The van der Waals surface area contributed by atoms with Gasteiger partial charge in [0.2, 0.25) is 0 Å². The van der Waals surface area contributed by atoms with Gasteiger partial charge >= 0.3 is 11.9 Å². The molecule has 0 aromatic carbocycles. The Morgan fingerprint density at radius 3 is 1.58 bits per heavy atom. The molecule has 0 saturated heterocycles. The van der Waals surface area contributed by atoms with E-state index in [2.05, 4.69) is 0 Å². The van der Waals surface area contributed by atoms with Gasteiger partial charge in [0, 0.05) is 0 Å². The summed E-state index contributed by atoms with van der Waals surface area (Å²) in [6.45, 7) is 7.06. The first-order chi connectivity index (χ1) is 8.91. The Bertz CT molecular complexity index is 399. The molecule has 0 amide bonds. The van der Waals surface area contributed by atoms with E-state index in [0.29, 0.717) is 6.42 Å². The Balaban J connectivity index is 3.07. The molecule has 0 aromatic heterocycles. The minimum Gasteiger partial charge on any atom is -0.459 e. The molecule has 0 bridgehead atoms. The summed E-state index contributed by atoms with van der Waals surface area (Å²) in [7, 11) is 0. The van der Waals surface area contributed by atoms with Crippen molar-refractivity contribution in [1.82, 2.24) is 0 Å². The molecule has 4 nitrogen and oxygen atoms in total. The van der Waals surface area contributed by atoms with Gasteiger partial charge in [-0.05, 0) is 34.1 Å². The second-order valence-electron chi connectivity index (χ2n) is 4.78. The third kappa shape index (κ3) is 4.73. The van der Waals surface area contributed by atoms with Crippen LogP contribution in [0.2, 0.25) is 0 Å². The van der Waals surface area contributed by atoms with Crippen LogP contribution in [-0.4, -0.2) is 24.1 Å². The molecule has 0 N–H and O–H groups in total. The lowest BCUT2D eigenvalue weighted by molar-refractivity contribution is -0.145. The Morgan fingerprint density at radius 2 is 1.26 bits per heavy atom. The Kier molecular flexibility index (Phi) is 5.55. The van der Waals surface area contributed by atoms with Crippen LogP contribution >= 0.6 is 0 Å². The molecular formula is C15H20O4. The van der Waals surface area contributed by atoms with Crippen LogP contribution in [0.3, 0.4) is 0 Å². The third-order valence-corrected chi connectivity index (χ3v) is 2.26. The van der Waals surface area contributed by atoms with Gasteiger partial charge in [0.1, 0.15) is 0 Å². The van der Waals surface area contributed by atoms with Crippen LogP contribution in [0.1, 0.15) is 34.1 Å². The molecule has 4 heteroatoms. The van der Waals surface area contributed by atoms with Crippen molar-refractivity contribution in [2.24, 2.45) is 0 Å². The van der Waals surface area contributed by atoms with E-state index in [0.717, 1.165) is 0 Å². The molecule has 0 aromatic rings. The van der Waals surface area contributed by atoms with Crippen molar-refractivity contribution in [2.45, 2.75) is 46.3 Å². The lowest BCUT2D eigenvalue weighted by atomic mass is 10.1. The summed E-state index contributed by atoms with van der Waals surface area (Å²) in [5.41, 5.74) is 0.487. The van der Waals surface area contributed by atoms with Crippen molar-refractivity contribution < 1.29 is 19.1 Å². The van der Waals surface area contributed by atoms with Gasteiger partial charge in [-0.3, -0.25) is 0 Å². The van der Waals surface area contributed by atoms with E-state index in [4.69, 9.17) is 9.47 Å². The first-order valence-electron chi connectivity index (χ1n) is 6.41. The second-order valence-corrected chi connectivity index (χ2v) is 4.78. The second kappa shape index (κ2) is 6.92. The first kappa shape index (κ1) is 15.2. The Hall–Kier alpha value is -1.84. The highest BCUT2D eigenvalue weighted by atomic mass is 16.5. The van der Waals surface area contributed by atoms with Crippen LogP contribution in [-0.2, 0) is 19.1 Å². The molecule has 0 heterocycles. The standard InChI is InChI=1S/C15H20O4/c1-10(2)18-14(16)12-8-6-5-7-9-13(12)15(17)19-11(3)4/h6-11H,5H2,1-4H3. The summed E-state index contributed by atoms with van der Waals surface area (Å²) >= 11 is 0. The fourth-order valence-corrected chi connectivity index (χ4v) is 1.54. The number of ether oxygens (including phenoxy) is 2. The molecule has 1 aliphatic rings. The maximum Gasteiger partial charge on any atom is 0.339 e. The summed E-state index contributed by atoms with van der Waals surface area (Å²) in [4.78, 5) is 24.0. The highest BCUT2D eigenvalue weighted by Gasteiger charge is 2.21. The summed E-state index contributed by atoms with van der Waals surface area (Å²) in [6, 6.07) is 0. The molecule has 1 rings (SSSR count). The zero-order chi connectivity index (χ0) is 14.4. The molecular weight excluding hydrogens is 244 g/mol. The minimum absolute atomic E-state index is 0.233. The fraction of sp³-hybridized carbons (Fsp3) is 0.467. The molecule has 0 radical (unpaired) electrons. The van der Waals surface area contributed by atoms with Gasteiger partial charge in [-0.15, -0.1) is 0 Å². The zero-order valence-electron chi connectivity index (χ0n) is 11.8. The van der Waals surface area contributed by atoms with E-state index in [9.17, 15) is 9.59 Å². The lowest BCUT2D eigenvalue weighted by Crippen LogP contribution is -2.19. The number of carbonyl (C=O) groups excluding carboxylic acids is 2. The Labute approximate surface area is 113 Å². The highest BCUT2D eigenvalue weighted by Crippen LogP contribution is 2.17. The molecule has 104 valence electrons. The van der Waals surface area contributed by atoms with Gasteiger partial charge in [-0.2, -0.15) is 0 Å². The number of hydrogen-bond donors (Lipinski definition) is 0. The van der Waals surface area contributed by atoms with Crippen molar-refractivity contribution in [3.63, 3.8) is 0 Å². The fourth-order valence-electron chi connectivity index (χ4n) is 1.54. The molecule has 1 aliphatic carbocycles. The molecule has 0 aliphatic heterocycles. The average Bonchev–Trinajstić information content (AvgIpc) is 2.51. The van der Waals surface area contributed by atoms with Crippen LogP contribution in [0.25, 0.3) is 0 Å². The van der Waals surface area contributed by atoms with Gasteiger partial charge in [0.25, 0.3) is 0 Å². The van der Waals surface area contributed by atoms with Crippen LogP contribution in [0.5, 0.6) is 0 Å². The topological polar surface area (TPSA) is 52.6 Å². The van der Waals surface area contributed by atoms with Crippen LogP contribution in [0.15, 0.2) is 35.5 Å². The largest absolute Gasteiger partial charge is 0.459 e. The Morgan fingerprint density at radius 1 is 0.895 bits per heavy atom. The van der Waals surface area contributed by atoms with Gasteiger partial charge < -0.3 is 9.47 Å². The van der Waals surface area contributed by atoms with Gasteiger partial charge in [-0.25, -0.2) is 9.59 Å². The number of rotatable bonds is 4. The normalized spacial score (nSPS) is 14.8. The van der Waals surface area contributed by atoms with Crippen molar-refractivity contribution in [3.8, 4) is 0 Å². The van der Waals surface area contributed by atoms with Crippen LogP contribution in [0, 0.1) is 0 Å². The number of hydrogen-bond acceptors (Lipinski definition) is 4. The zero-order valence-corrected chi connectivity index (χ0v) is 11.8. The van der Waals surface area contributed by atoms with Crippen molar-refractivity contribution >= 4 is 11.9 Å². The average molecular weight is 264 g/mol. The summed E-state index contributed by atoms with van der Waals surface area (Å²) in [6.07, 6.45) is 7.04. The van der Waals surface area contributed by atoms with Gasteiger partial charge in [-0.1, -0.05) is 24.3 Å². The maximum atomic E-state index is 12.0. The third-order valence-electron chi connectivity index (χ3n) is 2.26. The van der Waals surface area contributed by atoms with Crippen LogP contribution < -0.4 is 0 Å². The van der Waals surface area contributed by atoms with E-state index in [1.807, 2.05) is 12.2 Å². The summed E-state index contributed by atoms with van der Waals surface area (Å²) < 4.78 is 10.3.